The molecule has 166 valence electrons. The summed E-state index contributed by atoms with van der Waals surface area (Å²) in [7, 11) is 0. The van der Waals surface area contributed by atoms with Crippen LogP contribution in [0.2, 0.25) is 0 Å². The van der Waals surface area contributed by atoms with Crippen molar-refractivity contribution >= 4 is 11.7 Å². The zero-order chi connectivity index (χ0) is 22.8. The number of aromatic nitrogens is 2. The SMILES string of the molecule is Nc1ncc(-c2ccc(C3(C(=O)Cc4ccc(C(F)(F)F)cc4)CCOCC3)cc2)cn1. The Morgan fingerprint density at radius 1 is 0.938 bits per heavy atom. The van der Waals surface area contributed by atoms with Gasteiger partial charge in [-0.15, -0.1) is 0 Å². The second kappa shape index (κ2) is 8.70. The lowest BCUT2D eigenvalue weighted by atomic mass is 9.69. The summed E-state index contributed by atoms with van der Waals surface area (Å²) in [6.07, 6.45) is -0.0182. The number of alkyl halides is 3. The van der Waals surface area contributed by atoms with E-state index in [2.05, 4.69) is 9.97 Å². The van der Waals surface area contributed by atoms with Crippen LogP contribution < -0.4 is 5.73 Å². The van der Waals surface area contributed by atoms with Gasteiger partial charge >= 0.3 is 6.18 Å². The highest BCUT2D eigenvalue weighted by Crippen LogP contribution is 2.38. The number of ketones is 1. The van der Waals surface area contributed by atoms with Gasteiger partial charge in [-0.25, -0.2) is 9.97 Å². The van der Waals surface area contributed by atoms with Crippen molar-refractivity contribution < 1.29 is 22.7 Å². The summed E-state index contributed by atoms with van der Waals surface area (Å²) in [6, 6.07) is 12.4. The molecule has 32 heavy (non-hydrogen) atoms. The number of Topliss-reactive ketones (excluding diaryl/α,β-unsaturated/α-hetero) is 1. The number of hydrogen-bond donors (Lipinski definition) is 1. The molecule has 1 aliphatic heterocycles. The Labute approximate surface area is 183 Å². The smallest absolute Gasteiger partial charge is 0.381 e. The third-order valence-corrected chi connectivity index (χ3v) is 5.97. The van der Waals surface area contributed by atoms with Crippen LogP contribution in [0, 0.1) is 0 Å². The average Bonchev–Trinajstić information content (AvgIpc) is 2.80. The Bertz CT molecular complexity index is 1070. The number of nitrogen functional groups attached to an aromatic ring is 1. The molecule has 0 aliphatic carbocycles. The van der Waals surface area contributed by atoms with E-state index >= 15 is 0 Å². The third-order valence-electron chi connectivity index (χ3n) is 5.97. The lowest BCUT2D eigenvalue weighted by Crippen LogP contribution is -2.42. The third kappa shape index (κ3) is 4.50. The number of anilines is 1. The van der Waals surface area contributed by atoms with Crippen molar-refractivity contribution in [2.24, 2.45) is 0 Å². The molecule has 1 saturated heterocycles. The Morgan fingerprint density at radius 3 is 2.09 bits per heavy atom. The molecule has 2 heterocycles. The zero-order valence-corrected chi connectivity index (χ0v) is 17.2. The summed E-state index contributed by atoms with van der Waals surface area (Å²) >= 11 is 0. The molecule has 1 aromatic heterocycles. The first-order valence-electron chi connectivity index (χ1n) is 10.2. The maximum absolute atomic E-state index is 13.5. The monoisotopic (exact) mass is 441 g/mol. The molecular weight excluding hydrogens is 419 g/mol. The van der Waals surface area contributed by atoms with Gasteiger partial charge < -0.3 is 10.5 Å². The van der Waals surface area contributed by atoms with Crippen LogP contribution in [0.15, 0.2) is 60.9 Å². The molecule has 3 aromatic rings. The van der Waals surface area contributed by atoms with Crippen molar-refractivity contribution in [2.45, 2.75) is 30.9 Å². The molecule has 8 heteroatoms. The van der Waals surface area contributed by atoms with E-state index < -0.39 is 17.2 Å². The van der Waals surface area contributed by atoms with Crippen molar-refractivity contribution in [1.82, 2.24) is 9.97 Å². The summed E-state index contributed by atoms with van der Waals surface area (Å²) in [4.78, 5) is 21.5. The highest BCUT2D eigenvalue weighted by atomic mass is 19.4. The zero-order valence-electron chi connectivity index (χ0n) is 17.2. The number of nitrogens with zero attached hydrogens (tertiary/aromatic N) is 2. The minimum atomic E-state index is -4.40. The molecule has 0 saturated carbocycles. The second-order valence-electron chi connectivity index (χ2n) is 7.90. The van der Waals surface area contributed by atoms with Crippen LogP contribution in [0.3, 0.4) is 0 Å². The van der Waals surface area contributed by atoms with E-state index in [1.165, 1.54) is 12.1 Å². The molecular formula is C24H22F3N3O2. The molecule has 0 atom stereocenters. The highest BCUT2D eigenvalue weighted by molar-refractivity contribution is 5.92. The Kier molecular flexibility index (Phi) is 5.97. The summed E-state index contributed by atoms with van der Waals surface area (Å²) in [5.74, 6) is 0.171. The van der Waals surface area contributed by atoms with Gasteiger partial charge in [0.25, 0.3) is 0 Å². The fourth-order valence-electron chi connectivity index (χ4n) is 4.08. The van der Waals surface area contributed by atoms with Crippen molar-refractivity contribution in [3.8, 4) is 11.1 Å². The quantitative estimate of drug-likeness (QED) is 0.626. The van der Waals surface area contributed by atoms with E-state index in [9.17, 15) is 18.0 Å². The number of nitrogens with two attached hydrogens (primary N) is 1. The molecule has 0 amide bonds. The maximum atomic E-state index is 13.5. The van der Waals surface area contributed by atoms with Crippen molar-refractivity contribution in [3.05, 3.63) is 77.6 Å². The van der Waals surface area contributed by atoms with Crippen LogP contribution >= 0.6 is 0 Å². The summed E-state index contributed by atoms with van der Waals surface area (Å²) in [5.41, 5.74) is 7.21. The minimum Gasteiger partial charge on any atom is -0.381 e. The molecule has 0 unspecified atom stereocenters. The van der Waals surface area contributed by atoms with Gasteiger partial charge in [-0.2, -0.15) is 13.2 Å². The highest BCUT2D eigenvalue weighted by Gasteiger charge is 2.41. The van der Waals surface area contributed by atoms with Crippen LogP contribution in [0.4, 0.5) is 19.1 Å². The second-order valence-corrected chi connectivity index (χ2v) is 7.90. The van der Waals surface area contributed by atoms with E-state index in [0.29, 0.717) is 31.6 Å². The van der Waals surface area contributed by atoms with Gasteiger partial charge in [0, 0.05) is 37.6 Å². The number of halogens is 3. The number of carbonyl (C=O) groups is 1. The topological polar surface area (TPSA) is 78.1 Å². The van der Waals surface area contributed by atoms with Crippen molar-refractivity contribution in [2.75, 3.05) is 18.9 Å². The van der Waals surface area contributed by atoms with Gasteiger partial charge in [0.15, 0.2) is 0 Å². The van der Waals surface area contributed by atoms with Crippen LogP contribution in [0.25, 0.3) is 11.1 Å². The largest absolute Gasteiger partial charge is 0.416 e. The minimum absolute atomic E-state index is 0.0240. The number of rotatable bonds is 5. The normalized spacial score (nSPS) is 16.0. The van der Waals surface area contributed by atoms with Gasteiger partial charge in [0.1, 0.15) is 5.78 Å². The lowest BCUT2D eigenvalue weighted by molar-refractivity contribution is -0.137. The molecule has 0 spiro atoms. The first kappa shape index (κ1) is 22.0. The first-order valence-corrected chi connectivity index (χ1v) is 10.2. The molecule has 1 fully saturated rings. The van der Waals surface area contributed by atoms with E-state index in [4.69, 9.17) is 10.5 Å². The number of ether oxygens (including phenoxy) is 1. The summed E-state index contributed by atoms with van der Waals surface area (Å²) in [5, 5.41) is 0. The molecule has 0 bridgehead atoms. The number of benzene rings is 2. The predicted octanol–water partition coefficient (Wildman–Crippen LogP) is 4.60. The fraction of sp³-hybridized carbons (Fsp3) is 0.292. The van der Waals surface area contributed by atoms with Gasteiger partial charge in [-0.3, -0.25) is 4.79 Å². The molecule has 1 aliphatic rings. The Morgan fingerprint density at radius 2 is 1.53 bits per heavy atom. The lowest BCUT2D eigenvalue weighted by Gasteiger charge is -2.36. The van der Waals surface area contributed by atoms with E-state index in [-0.39, 0.29) is 18.2 Å². The fourth-order valence-corrected chi connectivity index (χ4v) is 4.08. The van der Waals surface area contributed by atoms with E-state index in [0.717, 1.165) is 28.8 Å². The molecule has 2 N–H and O–H groups in total. The summed E-state index contributed by atoms with van der Waals surface area (Å²) in [6.45, 7) is 0.901. The van der Waals surface area contributed by atoms with Gasteiger partial charge in [0.2, 0.25) is 5.95 Å². The van der Waals surface area contributed by atoms with Gasteiger partial charge in [-0.1, -0.05) is 36.4 Å². The summed E-state index contributed by atoms with van der Waals surface area (Å²) < 4.78 is 44.0. The van der Waals surface area contributed by atoms with Gasteiger partial charge in [-0.05, 0) is 41.7 Å². The van der Waals surface area contributed by atoms with Crippen LogP contribution in [-0.2, 0) is 27.5 Å². The Balaban J connectivity index is 1.59. The predicted molar refractivity (Wildman–Crippen MR) is 114 cm³/mol. The van der Waals surface area contributed by atoms with Crippen molar-refractivity contribution in [3.63, 3.8) is 0 Å². The van der Waals surface area contributed by atoms with Crippen LogP contribution in [-0.4, -0.2) is 29.0 Å². The molecule has 5 nitrogen and oxygen atoms in total. The van der Waals surface area contributed by atoms with E-state index in [1.54, 1.807) is 12.4 Å². The van der Waals surface area contributed by atoms with Crippen molar-refractivity contribution in [1.29, 1.82) is 0 Å². The number of hydrogen-bond acceptors (Lipinski definition) is 5. The molecule has 2 aromatic carbocycles. The Hall–Kier alpha value is -3.26. The molecule has 4 rings (SSSR count). The first-order chi connectivity index (χ1) is 15.3. The standard InChI is InChI=1S/C24H22F3N3O2/c25-24(26,27)20-5-1-16(2-6-20)13-21(31)23(9-11-32-12-10-23)19-7-3-17(4-8-19)18-14-29-22(28)30-15-18/h1-8,14-15H,9-13H2,(H2,28,29,30). The van der Waals surface area contributed by atoms with E-state index in [1.807, 2.05) is 24.3 Å². The average molecular weight is 441 g/mol. The van der Waals surface area contributed by atoms with Crippen LogP contribution in [0.5, 0.6) is 0 Å². The van der Waals surface area contributed by atoms with Crippen LogP contribution in [0.1, 0.15) is 29.5 Å². The number of carbonyl (C=O) groups excluding carboxylic acids is 1. The molecule has 0 radical (unpaired) electrons. The van der Waals surface area contributed by atoms with Gasteiger partial charge in [0.05, 0.1) is 11.0 Å². The maximum Gasteiger partial charge on any atom is 0.416 e.